The van der Waals surface area contributed by atoms with Gasteiger partial charge in [0.25, 0.3) is 0 Å². The lowest BCUT2D eigenvalue weighted by Crippen LogP contribution is -2.20. The topological polar surface area (TPSA) is 42.2 Å². The summed E-state index contributed by atoms with van der Waals surface area (Å²) in [5.41, 5.74) is 5.59. The lowest BCUT2D eigenvalue weighted by atomic mass is 9.95. The van der Waals surface area contributed by atoms with Gasteiger partial charge in [-0.05, 0) is 18.3 Å². The van der Waals surface area contributed by atoms with Crippen LogP contribution in [0.15, 0.2) is 6.20 Å². The number of thiazole rings is 1. The molecule has 0 bridgehead atoms. The second-order valence-corrected chi connectivity index (χ2v) is 5.65. The molecule has 1 saturated heterocycles. The van der Waals surface area contributed by atoms with E-state index >= 15 is 0 Å². The highest BCUT2D eigenvalue weighted by atomic mass is 32.1. The first-order valence-corrected chi connectivity index (χ1v) is 6.42. The van der Waals surface area contributed by atoms with Crippen molar-refractivity contribution >= 4 is 16.5 Å². The zero-order valence-electron chi connectivity index (χ0n) is 9.44. The molecule has 84 valence electrons. The van der Waals surface area contributed by atoms with Crippen LogP contribution in [0.5, 0.6) is 0 Å². The largest absolute Gasteiger partial charge is 0.348 e. The molecule has 1 atom stereocenters. The number of aromatic nitrogens is 1. The van der Waals surface area contributed by atoms with E-state index in [1.165, 1.54) is 11.3 Å². The number of anilines is 1. The third-order valence-corrected chi connectivity index (χ3v) is 4.26. The van der Waals surface area contributed by atoms with Crippen molar-refractivity contribution in [3.8, 4) is 0 Å². The molecule has 0 spiro atoms. The first-order chi connectivity index (χ1) is 7.20. The second-order valence-electron chi connectivity index (χ2n) is 4.55. The maximum absolute atomic E-state index is 5.59. The zero-order valence-corrected chi connectivity index (χ0v) is 10.3. The van der Waals surface area contributed by atoms with Crippen molar-refractivity contribution in [2.24, 2.45) is 17.6 Å². The number of rotatable bonds is 3. The Hall–Kier alpha value is -0.610. The zero-order chi connectivity index (χ0) is 10.8. The van der Waals surface area contributed by atoms with Gasteiger partial charge in [0.2, 0.25) is 0 Å². The van der Waals surface area contributed by atoms with Gasteiger partial charge in [-0.2, -0.15) is 0 Å². The maximum Gasteiger partial charge on any atom is 0.185 e. The van der Waals surface area contributed by atoms with Crippen molar-refractivity contribution < 1.29 is 0 Å². The fraction of sp³-hybridized carbons (Fsp3) is 0.727. The van der Waals surface area contributed by atoms with E-state index in [4.69, 9.17) is 5.73 Å². The van der Waals surface area contributed by atoms with Crippen molar-refractivity contribution in [2.45, 2.75) is 26.8 Å². The van der Waals surface area contributed by atoms with Crippen LogP contribution in [0.3, 0.4) is 0 Å². The summed E-state index contributed by atoms with van der Waals surface area (Å²) in [7, 11) is 0. The highest BCUT2D eigenvalue weighted by Crippen LogP contribution is 2.30. The molecular formula is C11H19N3S. The third-order valence-electron chi connectivity index (χ3n) is 3.18. The van der Waals surface area contributed by atoms with E-state index in [1.54, 1.807) is 11.3 Å². The van der Waals surface area contributed by atoms with E-state index in [2.05, 4.69) is 23.7 Å². The summed E-state index contributed by atoms with van der Waals surface area (Å²) >= 11 is 1.73. The van der Waals surface area contributed by atoms with Gasteiger partial charge < -0.3 is 10.6 Å². The summed E-state index contributed by atoms with van der Waals surface area (Å²) in [6.07, 6.45) is 3.21. The second kappa shape index (κ2) is 4.49. The quantitative estimate of drug-likeness (QED) is 0.856. The molecule has 1 aliphatic rings. The maximum atomic E-state index is 5.59. The molecule has 1 aromatic rings. The van der Waals surface area contributed by atoms with Gasteiger partial charge in [0.15, 0.2) is 5.13 Å². The highest BCUT2D eigenvalue weighted by Gasteiger charge is 2.26. The molecule has 0 amide bonds. The van der Waals surface area contributed by atoms with Crippen molar-refractivity contribution in [3.05, 3.63) is 11.1 Å². The lowest BCUT2D eigenvalue weighted by Gasteiger charge is -2.16. The van der Waals surface area contributed by atoms with Crippen LogP contribution in [0.4, 0.5) is 5.13 Å². The van der Waals surface area contributed by atoms with Gasteiger partial charge in [0, 0.05) is 30.7 Å². The normalized spacial score (nSPS) is 21.6. The third kappa shape index (κ3) is 2.32. The van der Waals surface area contributed by atoms with E-state index < -0.39 is 0 Å². The van der Waals surface area contributed by atoms with Crippen molar-refractivity contribution in [3.63, 3.8) is 0 Å². The molecule has 2 rings (SSSR count). The molecular weight excluding hydrogens is 206 g/mol. The predicted molar refractivity (Wildman–Crippen MR) is 65.2 cm³/mol. The fourth-order valence-electron chi connectivity index (χ4n) is 2.04. The summed E-state index contributed by atoms with van der Waals surface area (Å²) in [6.45, 7) is 7.54. The molecule has 2 N–H and O–H groups in total. The van der Waals surface area contributed by atoms with Crippen LogP contribution in [0.2, 0.25) is 0 Å². The molecule has 1 aromatic heterocycles. The van der Waals surface area contributed by atoms with Crippen LogP contribution < -0.4 is 10.6 Å². The van der Waals surface area contributed by atoms with Gasteiger partial charge in [0.1, 0.15) is 0 Å². The minimum Gasteiger partial charge on any atom is -0.348 e. The Morgan fingerprint density at radius 2 is 2.47 bits per heavy atom. The van der Waals surface area contributed by atoms with Crippen molar-refractivity contribution in [1.82, 2.24) is 4.98 Å². The Bertz CT molecular complexity index is 321. The Morgan fingerprint density at radius 1 is 1.67 bits per heavy atom. The van der Waals surface area contributed by atoms with Crippen LogP contribution in [0, 0.1) is 11.8 Å². The molecule has 0 aliphatic carbocycles. The predicted octanol–water partition coefficient (Wildman–Crippen LogP) is 2.08. The number of hydrogen-bond acceptors (Lipinski definition) is 4. The van der Waals surface area contributed by atoms with Gasteiger partial charge in [-0.25, -0.2) is 4.98 Å². The van der Waals surface area contributed by atoms with Crippen LogP contribution in [0.25, 0.3) is 0 Å². The minimum absolute atomic E-state index is 0.610. The Morgan fingerprint density at radius 3 is 3.00 bits per heavy atom. The number of hydrogen-bond donors (Lipinski definition) is 1. The van der Waals surface area contributed by atoms with Gasteiger partial charge in [-0.1, -0.05) is 13.8 Å². The fourth-order valence-corrected chi connectivity index (χ4v) is 2.87. The Kier molecular flexibility index (Phi) is 3.26. The molecule has 2 heterocycles. The molecule has 0 radical (unpaired) electrons. The molecule has 1 unspecified atom stereocenters. The molecule has 4 heteroatoms. The minimum atomic E-state index is 0.610. The molecule has 1 aliphatic heterocycles. The van der Waals surface area contributed by atoms with Gasteiger partial charge in [-0.3, -0.25) is 0 Å². The molecule has 0 saturated carbocycles. The summed E-state index contributed by atoms with van der Waals surface area (Å²) in [4.78, 5) is 8.00. The first-order valence-electron chi connectivity index (χ1n) is 5.60. The number of nitrogens with two attached hydrogens (primary N) is 1. The van der Waals surface area contributed by atoms with E-state index in [-0.39, 0.29) is 0 Å². The summed E-state index contributed by atoms with van der Waals surface area (Å²) < 4.78 is 0. The van der Waals surface area contributed by atoms with E-state index in [1.807, 2.05) is 6.20 Å². The van der Waals surface area contributed by atoms with Crippen LogP contribution in [0.1, 0.15) is 25.1 Å². The monoisotopic (exact) mass is 225 g/mol. The standard InChI is InChI=1S/C11H19N3S/c1-8(2)9-3-4-14(7-9)11-13-6-10(5-12)15-11/h6,8-9H,3-5,7,12H2,1-2H3. The summed E-state index contributed by atoms with van der Waals surface area (Å²) in [5.74, 6) is 1.61. The molecule has 1 fully saturated rings. The van der Waals surface area contributed by atoms with Gasteiger partial charge in [-0.15, -0.1) is 11.3 Å². The lowest BCUT2D eigenvalue weighted by molar-refractivity contribution is 0.423. The molecule has 15 heavy (non-hydrogen) atoms. The average molecular weight is 225 g/mol. The highest BCUT2D eigenvalue weighted by molar-refractivity contribution is 7.15. The Balaban J connectivity index is 2.01. The van der Waals surface area contributed by atoms with Gasteiger partial charge in [0.05, 0.1) is 0 Å². The van der Waals surface area contributed by atoms with Crippen molar-refractivity contribution in [2.75, 3.05) is 18.0 Å². The van der Waals surface area contributed by atoms with Crippen LogP contribution >= 0.6 is 11.3 Å². The summed E-state index contributed by atoms with van der Waals surface area (Å²) in [5, 5.41) is 1.15. The number of nitrogens with zero attached hydrogens (tertiary/aromatic N) is 2. The van der Waals surface area contributed by atoms with E-state index in [9.17, 15) is 0 Å². The SMILES string of the molecule is CC(C)C1CCN(c2ncc(CN)s2)C1. The average Bonchev–Trinajstić information content (AvgIpc) is 2.86. The molecule has 0 aromatic carbocycles. The summed E-state index contributed by atoms with van der Waals surface area (Å²) in [6, 6.07) is 0. The van der Waals surface area contributed by atoms with E-state index in [0.29, 0.717) is 6.54 Å². The van der Waals surface area contributed by atoms with Crippen LogP contribution in [-0.2, 0) is 6.54 Å². The van der Waals surface area contributed by atoms with Crippen molar-refractivity contribution in [1.29, 1.82) is 0 Å². The first kappa shape index (κ1) is 10.9. The smallest absolute Gasteiger partial charge is 0.185 e. The Labute approximate surface area is 95.3 Å². The van der Waals surface area contributed by atoms with E-state index in [0.717, 1.165) is 30.1 Å². The van der Waals surface area contributed by atoms with Crippen LogP contribution in [-0.4, -0.2) is 18.1 Å². The van der Waals surface area contributed by atoms with Gasteiger partial charge >= 0.3 is 0 Å². The molecule has 3 nitrogen and oxygen atoms in total.